The zero-order valence-corrected chi connectivity index (χ0v) is 16.3. The highest BCUT2D eigenvalue weighted by Crippen LogP contribution is 2.31. The highest BCUT2D eigenvalue weighted by Gasteiger charge is 2.49. The van der Waals surface area contributed by atoms with Crippen molar-refractivity contribution < 1.29 is 18.9 Å². The molecule has 1 saturated heterocycles. The smallest absolute Gasteiger partial charge is 0.325 e. The van der Waals surface area contributed by atoms with Crippen LogP contribution in [0.1, 0.15) is 18.4 Å². The maximum Gasteiger partial charge on any atom is 0.325 e. The van der Waals surface area contributed by atoms with Crippen LogP contribution in [0.2, 0.25) is 5.02 Å². The van der Waals surface area contributed by atoms with Crippen LogP contribution in [0.15, 0.2) is 52.9 Å². The first-order valence-electron chi connectivity index (χ1n) is 8.76. The molecule has 1 atom stereocenters. The van der Waals surface area contributed by atoms with Gasteiger partial charge in [0.05, 0.1) is 15.5 Å². The van der Waals surface area contributed by atoms with Crippen molar-refractivity contribution in [1.29, 1.82) is 0 Å². The fraction of sp³-hybridized carbons (Fsp3) is 0.158. The minimum Gasteiger partial charge on any atom is -0.419 e. The lowest BCUT2D eigenvalue weighted by Gasteiger charge is -2.21. The molecule has 1 aromatic heterocycles. The molecule has 10 nitrogen and oxygen atoms in total. The third kappa shape index (κ3) is 3.26. The van der Waals surface area contributed by atoms with Gasteiger partial charge in [0, 0.05) is 12.1 Å². The van der Waals surface area contributed by atoms with E-state index in [2.05, 4.69) is 15.5 Å². The quantitative estimate of drug-likeness (QED) is 0.375. The average Bonchev–Trinajstić information content (AvgIpc) is 3.27. The molecule has 2 heterocycles. The Morgan fingerprint density at radius 2 is 1.87 bits per heavy atom. The number of rotatable bonds is 5. The van der Waals surface area contributed by atoms with Gasteiger partial charge in [0.1, 0.15) is 12.1 Å². The summed E-state index contributed by atoms with van der Waals surface area (Å²) in [6.45, 7) is 1.29. The Kier molecular flexibility index (Phi) is 4.70. The average molecular weight is 428 g/mol. The standard InChI is InChI=1S/C19H14ClN5O5/c1-19(11-6-8-12(9-7-11)25(28)29)17(26)24(18(27)21-19)10-15-22-23-16(30-15)13-4-2-3-5-14(13)20/h2-9H,10H2,1H3,(H,21,27). The van der Waals surface area contributed by atoms with Crippen LogP contribution in [0.5, 0.6) is 0 Å². The second kappa shape index (κ2) is 7.23. The molecule has 4 rings (SSSR count). The number of non-ortho nitro benzene ring substituents is 1. The molecule has 30 heavy (non-hydrogen) atoms. The number of nitro benzene ring substituents is 1. The first kappa shape index (κ1) is 19.5. The summed E-state index contributed by atoms with van der Waals surface area (Å²) in [5.74, 6) is -0.319. The lowest BCUT2D eigenvalue weighted by molar-refractivity contribution is -0.384. The van der Waals surface area contributed by atoms with Crippen LogP contribution >= 0.6 is 11.6 Å². The zero-order valence-electron chi connectivity index (χ0n) is 15.5. The van der Waals surface area contributed by atoms with E-state index in [1.54, 1.807) is 24.3 Å². The lowest BCUT2D eigenvalue weighted by Crippen LogP contribution is -2.40. The second-order valence-electron chi connectivity index (χ2n) is 6.73. The molecule has 0 aliphatic carbocycles. The number of nitrogens with one attached hydrogen (secondary N) is 1. The molecule has 152 valence electrons. The highest BCUT2D eigenvalue weighted by atomic mass is 35.5. The molecule has 0 radical (unpaired) electrons. The Labute approximate surface area is 174 Å². The van der Waals surface area contributed by atoms with Gasteiger partial charge in [0.2, 0.25) is 11.8 Å². The number of hydrogen-bond acceptors (Lipinski definition) is 7. The Bertz CT molecular complexity index is 1160. The van der Waals surface area contributed by atoms with Crippen molar-refractivity contribution in [1.82, 2.24) is 20.4 Å². The fourth-order valence-corrected chi connectivity index (χ4v) is 3.37. The van der Waals surface area contributed by atoms with Crippen molar-refractivity contribution in [3.63, 3.8) is 0 Å². The molecule has 1 fully saturated rings. The molecule has 0 bridgehead atoms. The predicted molar refractivity (Wildman–Crippen MR) is 104 cm³/mol. The van der Waals surface area contributed by atoms with Crippen molar-refractivity contribution in [2.24, 2.45) is 0 Å². The molecule has 0 spiro atoms. The number of amides is 3. The predicted octanol–water partition coefficient (Wildman–Crippen LogP) is 3.27. The van der Waals surface area contributed by atoms with Crippen molar-refractivity contribution in [3.05, 3.63) is 75.1 Å². The molecular weight excluding hydrogens is 414 g/mol. The molecule has 11 heteroatoms. The Morgan fingerprint density at radius 3 is 2.53 bits per heavy atom. The second-order valence-corrected chi connectivity index (χ2v) is 7.14. The van der Waals surface area contributed by atoms with Gasteiger partial charge < -0.3 is 9.73 Å². The summed E-state index contributed by atoms with van der Waals surface area (Å²) in [7, 11) is 0. The number of urea groups is 1. The summed E-state index contributed by atoms with van der Waals surface area (Å²) in [4.78, 5) is 36.7. The topological polar surface area (TPSA) is 131 Å². The number of benzene rings is 2. The van der Waals surface area contributed by atoms with Gasteiger partial charge in [-0.2, -0.15) is 0 Å². The minimum absolute atomic E-state index is 0.0568. The third-order valence-corrected chi connectivity index (χ3v) is 5.12. The number of nitro groups is 1. The normalized spacial score (nSPS) is 18.5. The molecule has 2 aromatic carbocycles. The number of nitrogens with zero attached hydrogens (tertiary/aromatic N) is 4. The summed E-state index contributed by atoms with van der Waals surface area (Å²) in [6.07, 6.45) is 0. The van der Waals surface area contributed by atoms with Crippen LogP contribution in [0.3, 0.4) is 0 Å². The van der Waals surface area contributed by atoms with Crippen molar-refractivity contribution >= 4 is 29.2 Å². The fourth-order valence-electron chi connectivity index (χ4n) is 3.15. The third-order valence-electron chi connectivity index (χ3n) is 4.79. The molecule has 1 aliphatic rings. The van der Waals surface area contributed by atoms with Crippen LogP contribution in [-0.4, -0.2) is 32.0 Å². The van der Waals surface area contributed by atoms with Gasteiger partial charge in [-0.15, -0.1) is 10.2 Å². The van der Waals surface area contributed by atoms with Crippen LogP contribution in [-0.2, 0) is 16.9 Å². The van der Waals surface area contributed by atoms with Gasteiger partial charge in [0.15, 0.2) is 0 Å². The highest BCUT2D eigenvalue weighted by molar-refractivity contribution is 6.33. The van der Waals surface area contributed by atoms with Crippen molar-refractivity contribution in [2.75, 3.05) is 0 Å². The number of carbonyl (C=O) groups excluding carboxylic acids is 2. The summed E-state index contributed by atoms with van der Waals surface area (Å²) >= 11 is 6.12. The number of imide groups is 1. The van der Waals surface area contributed by atoms with E-state index in [1.165, 1.54) is 31.2 Å². The molecule has 1 N–H and O–H groups in total. The van der Waals surface area contributed by atoms with Crippen molar-refractivity contribution in [3.8, 4) is 11.5 Å². The monoisotopic (exact) mass is 427 g/mol. The number of carbonyl (C=O) groups is 2. The summed E-state index contributed by atoms with van der Waals surface area (Å²) < 4.78 is 5.57. The van der Waals surface area contributed by atoms with Gasteiger partial charge in [-0.3, -0.25) is 19.8 Å². The van der Waals surface area contributed by atoms with E-state index in [-0.39, 0.29) is 24.0 Å². The van der Waals surface area contributed by atoms with Crippen LogP contribution in [0.25, 0.3) is 11.5 Å². The molecule has 1 aliphatic heterocycles. The van der Waals surface area contributed by atoms with E-state index in [4.69, 9.17) is 16.0 Å². The minimum atomic E-state index is -1.38. The number of halogens is 1. The lowest BCUT2D eigenvalue weighted by atomic mass is 9.92. The van der Waals surface area contributed by atoms with Crippen LogP contribution < -0.4 is 5.32 Å². The summed E-state index contributed by atoms with van der Waals surface area (Å²) in [6, 6.07) is 11.7. The molecule has 0 saturated carbocycles. The van der Waals surface area contributed by atoms with Gasteiger partial charge in [0.25, 0.3) is 11.6 Å². The first-order chi connectivity index (χ1) is 14.3. The van der Waals surface area contributed by atoms with Crippen LogP contribution in [0, 0.1) is 10.1 Å². The summed E-state index contributed by atoms with van der Waals surface area (Å²) in [5, 5.41) is 21.7. The van der Waals surface area contributed by atoms with E-state index < -0.39 is 22.4 Å². The Hall–Kier alpha value is -3.79. The Morgan fingerprint density at radius 1 is 1.17 bits per heavy atom. The van der Waals surface area contributed by atoms with E-state index in [1.807, 2.05) is 0 Å². The maximum atomic E-state index is 13.0. The number of aromatic nitrogens is 2. The van der Waals surface area contributed by atoms with Gasteiger partial charge in [-0.1, -0.05) is 23.7 Å². The molecule has 3 amide bonds. The van der Waals surface area contributed by atoms with E-state index in [9.17, 15) is 19.7 Å². The van der Waals surface area contributed by atoms with E-state index in [0.717, 1.165) is 4.90 Å². The number of hydrogen-bond donors (Lipinski definition) is 1. The molecule has 3 aromatic rings. The van der Waals surface area contributed by atoms with Gasteiger partial charge >= 0.3 is 6.03 Å². The van der Waals surface area contributed by atoms with Gasteiger partial charge in [-0.05, 0) is 36.8 Å². The van der Waals surface area contributed by atoms with E-state index >= 15 is 0 Å². The van der Waals surface area contributed by atoms with Crippen LogP contribution in [0.4, 0.5) is 10.5 Å². The first-order valence-corrected chi connectivity index (χ1v) is 9.14. The van der Waals surface area contributed by atoms with Crippen molar-refractivity contribution in [2.45, 2.75) is 19.0 Å². The molecule has 1 unspecified atom stereocenters. The summed E-state index contributed by atoms with van der Waals surface area (Å²) in [5.41, 5.74) is -0.548. The largest absolute Gasteiger partial charge is 0.419 e. The molecular formula is C19H14ClN5O5. The van der Waals surface area contributed by atoms with Gasteiger partial charge in [-0.25, -0.2) is 4.79 Å². The SMILES string of the molecule is CC1(c2ccc([N+](=O)[O-])cc2)NC(=O)N(Cc2nnc(-c3ccccc3Cl)o2)C1=O. The van der Waals surface area contributed by atoms with E-state index in [0.29, 0.717) is 16.1 Å². The maximum absolute atomic E-state index is 13.0. The zero-order chi connectivity index (χ0) is 21.5. The Balaban J connectivity index is 1.56.